The maximum Gasteiger partial charge on any atom is 0.410 e. The molecule has 2 aromatic rings. The Kier molecular flexibility index (Phi) is 5.49. The predicted octanol–water partition coefficient (Wildman–Crippen LogP) is 3.81. The first-order chi connectivity index (χ1) is 14.2. The third-order valence-electron chi connectivity index (χ3n) is 5.57. The first-order valence-electron chi connectivity index (χ1n) is 10.8. The van der Waals surface area contributed by atoms with Gasteiger partial charge in [0.05, 0.1) is 23.0 Å². The number of carbonyl (C=O) groups excluding carboxylic acids is 1. The number of hydrogen-bond donors (Lipinski definition) is 1. The zero-order valence-electron chi connectivity index (χ0n) is 18.6. The second-order valence-corrected chi connectivity index (χ2v) is 9.32. The van der Waals surface area contributed by atoms with Gasteiger partial charge < -0.3 is 14.8 Å². The van der Waals surface area contributed by atoms with Crippen LogP contribution < -0.4 is 10.1 Å². The molecule has 30 heavy (non-hydrogen) atoms. The highest BCUT2D eigenvalue weighted by Crippen LogP contribution is 2.38. The molecule has 0 spiro atoms. The highest BCUT2D eigenvalue weighted by Gasteiger charge is 2.39. The van der Waals surface area contributed by atoms with Crippen molar-refractivity contribution in [3.05, 3.63) is 41.1 Å². The Labute approximate surface area is 178 Å². The molecule has 1 atom stereocenters. The number of ether oxygens (including phenoxy) is 2. The smallest absolute Gasteiger partial charge is 0.410 e. The van der Waals surface area contributed by atoms with Crippen LogP contribution in [0.2, 0.25) is 0 Å². The minimum atomic E-state index is -0.534. The molecule has 2 aliphatic heterocycles. The molecule has 3 heterocycles. The number of rotatable bonds is 2. The fourth-order valence-electron chi connectivity index (χ4n) is 4.09. The maximum atomic E-state index is 12.9. The number of hydrogen-bond acceptors (Lipinski definition) is 5. The highest BCUT2D eigenvalue weighted by atomic mass is 16.6. The number of benzene rings is 1. The Hall–Kier alpha value is -2.54. The zero-order valence-corrected chi connectivity index (χ0v) is 18.6. The molecule has 0 bridgehead atoms. The lowest BCUT2D eigenvalue weighted by molar-refractivity contribution is 0.0133. The molecule has 7 nitrogen and oxygen atoms in total. The fourth-order valence-corrected chi connectivity index (χ4v) is 4.09. The van der Waals surface area contributed by atoms with Gasteiger partial charge in [0, 0.05) is 26.1 Å². The SMILES string of the molecule is CC(C)c1ccc(-n2nc3c4c2CCN(C(=O)OC(C)(C)C)[C@H]4CNCCO3)cc1. The summed E-state index contributed by atoms with van der Waals surface area (Å²) in [5.41, 5.74) is 3.88. The van der Waals surface area contributed by atoms with Gasteiger partial charge in [0.2, 0.25) is 5.88 Å². The van der Waals surface area contributed by atoms with Crippen molar-refractivity contribution in [1.29, 1.82) is 0 Å². The summed E-state index contributed by atoms with van der Waals surface area (Å²) in [5.74, 6) is 1.11. The summed E-state index contributed by atoms with van der Waals surface area (Å²) >= 11 is 0. The van der Waals surface area contributed by atoms with Crippen molar-refractivity contribution < 1.29 is 14.3 Å². The number of carbonyl (C=O) groups is 1. The van der Waals surface area contributed by atoms with Gasteiger partial charge in [-0.1, -0.05) is 26.0 Å². The van der Waals surface area contributed by atoms with Crippen LogP contribution in [0.4, 0.5) is 4.79 Å². The minimum Gasteiger partial charge on any atom is -0.475 e. The van der Waals surface area contributed by atoms with Crippen molar-refractivity contribution >= 4 is 6.09 Å². The molecule has 0 fully saturated rings. The summed E-state index contributed by atoms with van der Waals surface area (Å²) in [6.45, 7) is 12.6. The molecule has 4 rings (SSSR count). The molecule has 1 amide bonds. The molecule has 0 saturated heterocycles. The maximum absolute atomic E-state index is 12.9. The molecular weight excluding hydrogens is 380 g/mol. The van der Waals surface area contributed by atoms with E-state index in [1.54, 1.807) is 0 Å². The molecule has 7 heteroatoms. The van der Waals surface area contributed by atoms with Crippen molar-refractivity contribution in [2.45, 2.75) is 58.6 Å². The first kappa shape index (κ1) is 20.7. The number of aromatic nitrogens is 2. The van der Waals surface area contributed by atoms with E-state index in [1.165, 1.54) is 5.56 Å². The van der Waals surface area contributed by atoms with E-state index >= 15 is 0 Å². The van der Waals surface area contributed by atoms with Crippen LogP contribution >= 0.6 is 0 Å². The van der Waals surface area contributed by atoms with Gasteiger partial charge in [0.15, 0.2) is 0 Å². The molecule has 1 N–H and O–H groups in total. The predicted molar refractivity (Wildman–Crippen MR) is 115 cm³/mol. The molecule has 2 aliphatic rings. The van der Waals surface area contributed by atoms with Gasteiger partial charge in [-0.3, -0.25) is 4.90 Å². The topological polar surface area (TPSA) is 68.6 Å². The van der Waals surface area contributed by atoms with E-state index in [-0.39, 0.29) is 12.1 Å². The molecule has 0 radical (unpaired) electrons. The largest absolute Gasteiger partial charge is 0.475 e. The average molecular weight is 413 g/mol. The third kappa shape index (κ3) is 4.03. The van der Waals surface area contributed by atoms with Crippen molar-refractivity contribution in [2.24, 2.45) is 0 Å². The Balaban J connectivity index is 1.73. The lowest BCUT2D eigenvalue weighted by Crippen LogP contribution is -2.47. The molecule has 1 aromatic carbocycles. The summed E-state index contributed by atoms with van der Waals surface area (Å²) in [5, 5.41) is 8.21. The van der Waals surface area contributed by atoms with Crippen LogP contribution in [0.15, 0.2) is 24.3 Å². The Morgan fingerprint density at radius 1 is 1.27 bits per heavy atom. The van der Waals surface area contributed by atoms with E-state index in [1.807, 2.05) is 30.4 Å². The minimum absolute atomic E-state index is 0.164. The Morgan fingerprint density at radius 3 is 2.67 bits per heavy atom. The van der Waals surface area contributed by atoms with Crippen molar-refractivity contribution in [3.8, 4) is 11.6 Å². The molecule has 162 valence electrons. The molecule has 0 aliphatic carbocycles. The van der Waals surface area contributed by atoms with Crippen LogP contribution in [0.1, 0.15) is 63.4 Å². The lowest BCUT2D eigenvalue weighted by atomic mass is 9.98. The van der Waals surface area contributed by atoms with Gasteiger partial charge in [0.1, 0.15) is 12.2 Å². The molecule has 0 saturated carbocycles. The van der Waals surface area contributed by atoms with E-state index in [0.717, 1.165) is 16.9 Å². The van der Waals surface area contributed by atoms with Crippen LogP contribution in [0, 0.1) is 0 Å². The van der Waals surface area contributed by atoms with Gasteiger partial charge in [-0.2, -0.15) is 0 Å². The van der Waals surface area contributed by atoms with Crippen LogP contribution in [-0.4, -0.2) is 52.6 Å². The number of nitrogens with one attached hydrogen (secondary N) is 1. The quantitative estimate of drug-likeness (QED) is 0.812. The number of nitrogens with zero attached hydrogens (tertiary/aromatic N) is 3. The van der Waals surface area contributed by atoms with Crippen molar-refractivity contribution in [1.82, 2.24) is 20.0 Å². The van der Waals surface area contributed by atoms with Gasteiger partial charge in [-0.15, -0.1) is 5.10 Å². The van der Waals surface area contributed by atoms with Gasteiger partial charge in [0.25, 0.3) is 0 Å². The second kappa shape index (κ2) is 7.95. The molecule has 1 aromatic heterocycles. The van der Waals surface area contributed by atoms with E-state index in [2.05, 4.69) is 43.4 Å². The summed E-state index contributed by atoms with van der Waals surface area (Å²) in [7, 11) is 0. The van der Waals surface area contributed by atoms with Gasteiger partial charge in [-0.25, -0.2) is 9.48 Å². The zero-order chi connectivity index (χ0) is 21.5. The van der Waals surface area contributed by atoms with Crippen molar-refractivity contribution in [3.63, 3.8) is 0 Å². The fraction of sp³-hybridized carbons (Fsp3) is 0.565. The normalized spacial score (nSPS) is 19.0. The summed E-state index contributed by atoms with van der Waals surface area (Å²) in [6.07, 6.45) is 0.411. The van der Waals surface area contributed by atoms with Crippen LogP contribution in [0.3, 0.4) is 0 Å². The van der Waals surface area contributed by atoms with E-state index in [4.69, 9.17) is 14.6 Å². The van der Waals surface area contributed by atoms with Crippen LogP contribution in [0.5, 0.6) is 5.88 Å². The summed E-state index contributed by atoms with van der Waals surface area (Å²) < 4.78 is 13.7. The molecular formula is C23H32N4O3. The third-order valence-corrected chi connectivity index (χ3v) is 5.57. The summed E-state index contributed by atoms with van der Waals surface area (Å²) in [4.78, 5) is 14.7. The highest BCUT2D eigenvalue weighted by molar-refractivity contribution is 5.70. The average Bonchev–Trinajstić information content (AvgIpc) is 3.03. The monoisotopic (exact) mass is 412 g/mol. The standard InChI is InChI=1S/C23H32N4O3/c1-15(2)16-6-8-17(9-7-16)27-18-10-12-26(22(28)30-23(3,4)5)19-14-24-11-13-29-21(25-27)20(18)19/h6-9,15,19,24H,10-14H2,1-5H3/t19-/m0/s1. The lowest BCUT2D eigenvalue weighted by Gasteiger charge is -2.37. The second-order valence-electron chi connectivity index (χ2n) is 9.32. The Bertz CT molecular complexity index is 912. The van der Waals surface area contributed by atoms with E-state index < -0.39 is 5.60 Å². The number of amides is 1. The van der Waals surface area contributed by atoms with Crippen LogP contribution in [0.25, 0.3) is 5.69 Å². The van der Waals surface area contributed by atoms with Gasteiger partial charge >= 0.3 is 6.09 Å². The van der Waals surface area contributed by atoms with Gasteiger partial charge in [-0.05, 0) is 44.4 Å². The van der Waals surface area contributed by atoms with Crippen molar-refractivity contribution in [2.75, 3.05) is 26.2 Å². The van der Waals surface area contributed by atoms with E-state index in [9.17, 15) is 4.79 Å². The first-order valence-corrected chi connectivity index (χ1v) is 10.8. The van der Waals surface area contributed by atoms with Crippen LogP contribution in [-0.2, 0) is 11.2 Å². The molecule has 0 unspecified atom stereocenters. The Morgan fingerprint density at radius 2 is 2.00 bits per heavy atom. The van der Waals surface area contributed by atoms with E-state index in [0.29, 0.717) is 44.5 Å². The summed E-state index contributed by atoms with van der Waals surface area (Å²) in [6, 6.07) is 8.37.